The van der Waals surface area contributed by atoms with Crippen LogP contribution in [0.25, 0.3) is 16.6 Å². The zero-order valence-electron chi connectivity index (χ0n) is 10.1. The molecule has 0 amide bonds. The van der Waals surface area contributed by atoms with Crippen molar-refractivity contribution >= 4 is 22.5 Å². The minimum absolute atomic E-state index is 0.106. The first kappa shape index (κ1) is 12.5. The van der Waals surface area contributed by atoms with Gasteiger partial charge in [0.25, 0.3) is 11.1 Å². The lowest BCUT2D eigenvalue weighted by Gasteiger charge is -2.09. The zero-order chi connectivity index (χ0) is 14.3. The Balaban J connectivity index is 2.44. The van der Waals surface area contributed by atoms with Crippen LogP contribution in [-0.2, 0) is 0 Å². The Morgan fingerprint density at radius 2 is 1.95 bits per heavy atom. The molecule has 0 spiro atoms. The van der Waals surface area contributed by atoms with Crippen LogP contribution in [0.3, 0.4) is 0 Å². The molecular formula is C14H9ClN2O3. The van der Waals surface area contributed by atoms with Crippen LogP contribution < -0.4 is 11.1 Å². The van der Waals surface area contributed by atoms with E-state index in [1.165, 1.54) is 18.3 Å². The van der Waals surface area contributed by atoms with E-state index in [1.807, 2.05) is 0 Å². The van der Waals surface area contributed by atoms with Crippen molar-refractivity contribution in [3.05, 3.63) is 68.3 Å². The van der Waals surface area contributed by atoms with E-state index in [1.54, 1.807) is 24.3 Å². The van der Waals surface area contributed by atoms with Gasteiger partial charge in [-0.1, -0.05) is 17.7 Å². The molecule has 0 aliphatic rings. The molecule has 0 atom stereocenters. The van der Waals surface area contributed by atoms with Gasteiger partial charge < -0.3 is 10.1 Å². The highest BCUT2D eigenvalue weighted by Gasteiger charge is 2.14. The van der Waals surface area contributed by atoms with E-state index < -0.39 is 11.1 Å². The van der Waals surface area contributed by atoms with E-state index in [9.17, 15) is 14.7 Å². The summed E-state index contributed by atoms with van der Waals surface area (Å²) in [6.45, 7) is 0. The first-order valence-corrected chi connectivity index (χ1v) is 6.18. The Morgan fingerprint density at radius 3 is 2.70 bits per heavy atom. The molecule has 20 heavy (non-hydrogen) atoms. The monoisotopic (exact) mass is 288 g/mol. The number of benzene rings is 1. The van der Waals surface area contributed by atoms with Crippen LogP contribution in [0.15, 0.2) is 52.2 Å². The van der Waals surface area contributed by atoms with Crippen molar-refractivity contribution in [2.45, 2.75) is 0 Å². The number of aromatic nitrogens is 2. The third-order valence-electron chi connectivity index (χ3n) is 2.99. The summed E-state index contributed by atoms with van der Waals surface area (Å²) in [6.07, 6.45) is 1.42. The third kappa shape index (κ3) is 1.88. The number of nitrogens with one attached hydrogen (secondary N) is 1. The molecule has 0 saturated carbocycles. The smallest absolute Gasteiger partial charge is 0.276 e. The Kier molecular flexibility index (Phi) is 2.84. The summed E-state index contributed by atoms with van der Waals surface area (Å²) in [6, 6.07) is 9.19. The molecule has 2 N–H and O–H groups in total. The predicted molar refractivity (Wildman–Crippen MR) is 76.8 cm³/mol. The number of aromatic amines is 1. The lowest BCUT2D eigenvalue weighted by atomic mass is 10.2. The maximum absolute atomic E-state index is 12.1. The summed E-state index contributed by atoms with van der Waals surface area (Å²) in [7, 11) is 0. The largest absolute Gasteiger partial charge is 0.505 e. The number of H-pyrrole nitrogens is 1. The highest BCUT2D eigenvalue weighted by atomic mass is 35.5. The summed E-state index contributed by atoms with van der Waals surface area (Å²) in [5.41, 5.74) is -0.662. The lowest BCUT2D eigenvalue weighted by Crippen LogP contribution is -2.23. The number of nitrogens with zero attached hydrogens (tertiary/aromatic N) is 1. The van der Waals surface area contributed by atoms with E-state index in [0.29, 0.717) is 15.9 Å². The molecule has 2 heterocycles. The molecule has 0 aliphatic heterocycles. The Hall–Kier alpha value is -2.53. The fourth-order valence-corrected chi connectivity index (χ4v) is 2.25. The predicted octanol–water partition coefficient (Wildman–Crippen LogP) is 2.04. The average molecular weight is 289 g/mol. The quantitative estimate of drug-likeness (QED) is 0.719. The highest BCUT2D eigenvalue weighted by molar-refractivity contribution is 6.31. The SMILES string of the molecule is O=c1[nH]c2cc(Cl)ccc2c(O)c1-n1ccccc1=O. The van der Waals surface area contributed by atoms with Gasteiger partial charge in [0, 0.05) is 22.7 Å². The van der Waals surface area contributed by atoms with Crippen molar-refractivity contribution in [1.82, 2.24) is 9.55 Å². The van der Waals surface area contributed by atoms with Crippen molar-refractivity contribution in [1.29, 1.82) is 0 Å². The van der Waals surface area contributed by atoms with Gasteiger partial charge in [-0.05, 0) is 24.3 Å². The van der Waals surface area contributed by atoms with Gasteiger partial charge in [0.15, 0.2) is 11.4 Å². The van der Waals surface area contributed by atoms with Crippen LogP contribution >= 0.6 is 11.6 Å². The third-order valence-corrected chi connectivity index (χ3v) is 3.22. The minimum Gasteiger partial charge on any atom is -0.505 e. The summed E-state index contributed by atoms with van der Waals surface area (Å²) in [5.74, 6) is -0.256. The van der Waals surface area contributed by atoms with Crippen LogP contribution in [0, 0.1) is 0 Å². The molecule has 6 heteroatoms. The fourth-order valence-electron chi connectivity index (χ4n) is 2.08. The molecule has 1 aromatic carbocycles. The standard InChI is InChI=1S/C14H9ClN2O3/c15-8-4-5-9-10(7-8)16-14(20)12(13(9)19)17-6-2-1-3-11(17)18/h1-7H,(H2,16,19,20). The van der Waals surface area contributed by atoms with Gasteiger partial charge in [-0.15, -0.1) is 0 Å². The van der Waals surface area contributed by atoms with E-state index in [0.717, 1.165) is 4.57 Å². The summed E-state index contributed by atoms with van der Waals surface area (Å²) >= 11 is 5.85. The average Bonchev–Trinajstić information content (AvgIpc) is 2.40. The molecule has 3 aromatic rings. The molecule has 0 unspecified atom stereocenters. The van der Waals surface area contributed by atoms with E-state index >= 15 is 0 Å². The van der Waals surface area contributed by atoms with Gasteiger partial charge >= 0.3 is 0 Å². The van der Waals surface area contributed by atoms with Crippen molar-refractivity contribution in [2.75, 3.05) is 0 Å². The van der Waals surface area contributed by atoms with Crippen molar-refractivity contribution in [2.24, 2.45) is 0 Å². The Bertz CT molecular complexity index is 928. The second-order valence-electron chi connectivity index (χ2n) is 4.25. The normalized spacial score (nSPS) is 10.8. The van der Waals surface area contributed by atoms with Crippen molar-refractivity contribution in [3.63, 3.8) is 0 Å². The van der Waals surface area contributed by atoms with Crippen LogP contribution in [-0.4, -0.2) is 14.7 Å². The van der Waals surface area contributed by atoms with Crippen LogP contribution in [0.4, 0.5) is 0 Å². The molecule has 0 fully saturated rings. The molecule has 0 bridgehead atoms. The van der Waals surface area contributed by atoms with E-state index in [-0.39, 0.29) is 11.4 Å². The summed E-state index contributed by atoms with van der Waals surface area (Å²) in [5, 5.41) is 11.1. The van der Waals surface area contributed by atoms with E-state index in [4.69, 9.17) is 11.6 Å². The van der Waals surface area contributed by atoms with Crippen molar-refractivity contribution in [3.8, 4) is 11.4 Å². The first-order chi connectivity index (χ1) is 9.58. The first-order valence-electron chi connectivity index (χ1n) is 5.80. The molecule has 0 radical (unpaired) electrons. The topological polar surface area (TPSA) is 75.1 Å². The second kappa shape index (κ2) is 4.54. The molecular weight excluding hydrogens is 280 g/mol. The molecule has 0 saturated heterocycles. The molecule has 100 valence electrons. The van der Waals surface area contributed by atoms with Crippen molar-refractivity contribution < 1.29 is 5.11 Å². The number of hydrogen-bond donors (Lipinski definition) is 2. The fraction of sp³-hybridized carbons (Fsp3) is 0. The van der Waals surface area contributed by atoms with E-state index in [2.05, 4.69) is 4.98 Å². The van der Waals surface area contributed by atoms with Crippen LogP contribution in [0.1, 0.15) is 0 Å². The van der Waals surface area contributed by atoms with Gasteiger partial charge in [0.1, 0.15) is 0 Å². The summed E-state index contributed by atoms with van der Waals surface area (Å²) < 4.78 is 1.10. The minimum atomic E-state index is -0.564. The zero-order valence-corrected chi connectivity index (χ0v) is 10.9. The molecule has 5 nitrogen and oxygen atoms in total. The number of hydrogen-bond acceptors (Lipinski definition) is 3. The maximum atomic E-state index is 12.1. The van der Waals surface area contributed by atoms with Gasteiger partial charge in [0.05, 0.1) is 5.52 Å². The number of halogens is 1. The number of pyridine rings is 2. The molecule has 3 rings (SSSR count). The Labute approximate surface area is 117 Å². The lowest BCUT2D eigenvalue weighted by molar-refractivity contribution is 0.476. The van der Waals surface area contributed by atoms with Gasteiger partial charge in [-0.3, -0.25) is 14.2 Å². The van der Waals surface area contributed by atoms with Gasteiger partial charge in [0.2, 0.25) is 0 Å². The number of fused-ring (bicyclic) bond motifs is 1. The van der Waals surface area contributed by atoms with Gasteiger partial charge in [-0.2, -0.15) is 0 Å². The maximum Gasteiger partial charge on any atom is 0.276 e. The highest BCUT2D eigenvalue weighted by Crippen LogP contribution is 2.28. The molecule has 2 aromatic heterocycles. The second-order valence-corrected chi connectivity index (χ2v) is 4.69. The Morgan fingerprint density at radius 1 is 1.15 bits per heavy atom. The van der Waals surface area contributed by atoms with Crippen LogP contribution in [0.5, 0.6) is 5.75 Å². The van der Waals surface area contributed by atoms with Crippen LogP contribution in [0.2, 0.25) is 5.02 Å². The summed E-state index contributed by atoms with van der Waals surface area (Å²) in [4.78, 5) is 26.5. The van der Waals surface area contributed by atoms with Gasteiger partial charge in [-0.25, -0.2) is 0 Å². The number of aromatic hydroxyl groups is 1. The number of rotatable bonds is 1. The molecule has 0 aliphatic carbocycles.